The topological polar surface area (TPSA) is 81.8 Å². The number of nitrogens with one attached hydrogen (secondary N) is 1. The van der Waals surface area contributed by atoms with E-state index in [0.717, 1.165) is 21.6 Å². The second-order valence-electron chi connectivity index (χ2n) is 3.96. The van der Waals surface area contributed by atoms with Gasteiger partial charge < -0.3 is 10.4 Å². The van der Waals surface area contributed by atoms with Crippen molar-refractivity contribution in [1.82, 2.24) is 10.2 Å². The molecule has 0 radical (unpaired) electrons. The zero-order chi connectivity index (χ0) is 14.4. The van der Waals surface area contributed by atoms with E-state index in [1.165, 1.54) is 23.1 Å². The van der Waals surface area contributed by atoms with Crippen molar-refractivity contribution in [3.8, 4) is 6.07 Å². The fraction of sp³-hybridized carbons (Fsp3) is 0.308. The smallest absolute Gasteiger partial charge is 0.206 e. The van der Waals surface area contributed by atoms with E-state index >= 15 is 0 Å². The molecule has 0 fully saturated rings. The molecule has 7 heteroatoms. The monoisotopic (exact) mass is 306 g/mol. The van der Waals surface area contributed by atoms with E-state index in [4.69, 9.17) is 5.26 Å². The van der Waals surface area contributed by atoms with Gasteiger partial charge in [0.05, 0.1) is 17.7 Å². The molecule has 1 atom stereocenters. The van der Waals surface area contributed by atoms with Crippen molar-refractivity contribution in [2.24, 2.45) is 0 Å². The van der Waals surface area contributed by atoms with Gasteiger partial charge >= 0.3 is 0 Å². The molecule has 0 saturated carbocycles. The van der Waals surface area contributed by atoms with Gasteiger partial charge in [0.2, 0.25) is 5.13 Å². The SMILES string of the molecule is CCNc1nnc(SCC(O)c2ccc(C#N)cc2)s1. The Hall–Kier alpha value is -1.62. The number of rotatable bonds is 6. The second-order valence-corrected chi connectivity index (χ2v) is 6.21. The third-order valence-corrected chi connectivity index (χ3v) is 4.61. The maximum absolute atomic E-state index is 10.1. The fourth-order valence-electron chi connectivity index (χ4n) is 1.52. The van der Waals surface area contributed by atoms with Crippen LogP contribution in [0.1, 0.15) is 24.2 Å². The van der Waals surface area contributed by atoms with Gasteiger partial charge in [-0.1, -0.05) is 35.2 Å². The van der Waals surface area contributed by atoms with Crippen LogP contribution in [0.3, 0.4) is 0 Å². The number of nitriles is 1. The summed E-state index contributed by atoms with van der Waals surface area (Å²) in [6.07, 6.45) is -0.584. The Kier molecular flexibility index (Phi) is 5.35. The van der Waals surface area contributed by atoms with Gasteiger partial charge in [-0.2, -0.15) is 5.26 Å². The van der Waals surface area contributed by atoms with Gasteiger partial charge in [-0.3, -0.25) is 0 Å². The molecule has 2 rings (SSSR count). The Labute approximate surface area is 125 Å². The van der Waals surface area contributed by atoms with Gasteiger partial charge in [0.25, 0.3) is 0 Å². The van der Waals surface area contributed by atoms with E-state index in [9.17, 15) is 5.11 Å². The number of hydrogen-bond donors (Lipinski definition) is 2. The first-order valence-corrected chi connectivity index (χ1v) is 7.91. The highest BCUT2D eigenvalue weighted by Crippen LogP contribution is 2.29. The van der Waals surface area contributed by atoms with Gasteiger partial charge in [-0.25, -0.2) is 0 Å². The van der Waals surface area contributed by atoms with E-state index in [0.29, 0.717) is 11.3 Å². The number of aromatic nitrogens is 2. The van der Waals surface area contributed by atoms with Crippen molar-refractivity contribution in [3.05, 3.63) is 35.4 Å². The molecule has 2 N–H and O–H groups in total. The molecule has 104 valence electrons. The lowest BCUT2D eigenvalue weighted by molar-refractivity contribution is 0.204. The number of nitrogens with zero attached hydrogens (tertiary/aromatic N) is 3. The first-order valence-electron chi connectivity index (χ1n) is 6.11. The molecule has 1 aromatic carbocycles. The molecular formula is C13H14N4OS2. The van der Waals surface area contributed by atoms with Gasteiger partial charge in [0, 0.05) is 12.3 Å². The molecule has 0 aliphatic heterocycles. The summed E-state index contributed by atoms with van der Waals surface area (Å²) < 4.78 is 0.827. The number of anilines is 1. The van der Waals surface area contributed by atoms with Crippen LogP contribution in [0, 0.1) is 11.3 Å². The fourth-order valence-corrected chi connectivity index (χ4v) is 3.33. The maximum atomic E-state index is 10.1. The average molecular weight is 306 g/mol. The first-order chi connectivity index (χ1) is 9.72. The minimum atomic E-state index is -0.584. The van der Waals surface area contributed by atoms with Crippen LogP contribution in [0.15, 0.2) is 28.6 Å². The summed E-state index contributed by atoms with van der Waals surface area (Å²) in [5.41, 5.74) is 1.39. The Morgan fingerprint density at radius 1 is 1.40 bits per heavy atom. The lowest BCUT2D eigenvalue weighted by Crippen LogP contribution is -2.00. The van der Waals surface area contributed by atoms with Gasteiger partial charge in [0.1, 0.15) is 0 Å². The van der Waals surface area contributed by atoms with Gasteiger partial charge in [-0.15, -0.1) is 10.2 Å². The van der Waals surface area contributed by atoms with Crippen LogP contribution < -0.4 is 5.32 Å². The Bertz CT molecular complexity index is 591. The van der Waals surface area contributed by atoms with Crippen LogP contribution in [-0.2, 0) is 0 Å². The minimum Gasteiger partial charge on any atom is -0.388 e. The first kappa shape index (κ1) is 14.8. The van der Waals surface area contributed by atoms with Gasteiger partial charge in [-0.05, 0) is 24.6 Å². The summed E-state index contributed by atoms with van der Waals surface area (Å²) in [5, 5.41) is 30.8. The van der Waals surface area contributed by atoms with Crippen LogP contribution in [0.25, 0.3) is 0 Å². The Morgan fingerprint density at radius 3 is 2.80 bits per heavy atom. The molecule has 0 aliphatic carbocycles. The molecule has 0 aliphatic rings. The zero-order valence-corrected chi connectivity index (χ0v) is 12.5. The largest absolute Gasteiger partial charge is 0.388 e. The molecule has 1 heterocycles. The highest BCUT2D eigenvalue weighted by molar-refractivity contribution is 8.01. The third kappa shape index (κ3) is 3.93. The number of hydrogen-bond acceptors (Lipinski definition) is 7. The summed E-state index contributed by atoms with van der Waals surface area (Å²) in [6.45, 7) is 2.82. The van der Waals surface area contributed by atoms with Crippen LogP contribution >= 0.6 is 23.1 Å². The molecule has 2 aromatic rings. The average Bonchev–Trinajstić information content (AvgIpc) is 2.93. The van der Waals surface area contributed by atoms with Crippen LogP contribution in [-0.4, -0.2) is 27.6 Å². The molecule has 1 aromatic heterocycles. The van der Waals surface area contributed by atoms with E-state index < -0.39 is 6.10 Å². The van der Waals surface area contributed by atoms with E-state index in [1.54, 1.807) is 24.3 Å². The summed E-state index contributed by atoms with van der Waals surface area (Å²) in [6, 6.07) is 9.01. The van der Waals surface area contributed by atoms with Crippen molar-refractivity contribution in [2.75, 3.05) is 17.6 Å². The molecule has 0 bridgehead atoms. The van der Waals surface area contributed by atoms with Crippen LogP contribution in [0.2, 0.25) is 0 Å². The van der Waals surface area contributed by atoms with Crippen molar-refractivity contribution < 1.29 is 5.11 Å². The molecule has 0 spiro atoms. The number of thioether (sulfide) groups is 1. The highest BCUT2D eigenvalue weighted by atomic mass is 32.2. The number of aliphatic hydroxyl groups is 1. The molecule has 20 heavy (non-hydrogen) atoms. The molecule has 1 unspecified atom stereocenters. The molecule has 0 amide bonds. The zero-order valence-electron chi connectivity index (χ0n) is 10.9. The summed E-state index contributed by atoms with van der Waals surface area (Å²) in [5.74, 6) is 0.507. The van der Waals surface area contributed by atoms with Crippen LogP contribution in [0.4, 0.5) is 5.13 Å². The maximum Gasteiger partial charge on any atom is 0.206 e. The van der Waals surface area contributed by atoms with Crippen molar-refractivity contribution in [1.29, 1.82) is 5.26 Å². The normalized spacial score (nSPS) is 11.8. The van der Waals surface area contributed by atoms with E-state index in [2.05, 4.69) is 21.6 Å². The minimum absolute atomic E-state index is 0.507. The lowest BCUT2D eigenvalue weighted by Gasteiger charge is -2.09. The third-order valence-electron chi connectivity index (χ3n) is 2.52. The number of aliphatic hydroxyl groups excluding tert-OH is 1. The lowest BCUT2D eigenvalue weighted by atomic mass is 10.1. The standard InChI is InChI=1S/C13H14N4OS2/c1-2-15-12-16-17-13(20-12)19-8-11(18)10-5-3-9(7-14)4-6-10/h3-6,11,18H,2,8H2,1H3,(H,15,16). The molecule has 5 nitrogen and oxygen atoms in total. The van der Waals surface area contributed by atoms with Crippen molar-refractivity contribution >= 4 is 28.2 Å². The predicted octanol–water partition coefficient (Wildman–Crippen LogP) is 2.67. The summed E-state index contributed by atoms with van der Waals surface area (Å²) in [4.78, 5) is 0. The van der Waals surface area contributed by atoms with Crippen molar-refractivity contribution in [2.45, 2.75) is 17.4 Å². The highest BCUT2D eigenvalue weighted by Gasteiger charge is 2.11. The van der Waals surface area contributed by atoms with Gasteiger partial charge in [0.15, 0.2) is 4.34 Å². The van der Waals surface area contributed by atoms with E-state index in [-0.39, 0.29) is 0 Å². The Morgan fingerprint density at radius 2 is 2.15 bits per heavy atom. The number of benzene rings is 1. The summed E-state index contributed by atoms with van der Waals surface area (Å²) in [7, 11) is 0. The quantitative estimate of drug-likeness (QED) is 0.799. The van der Waals surface area contributed by atoms with Crippen molar-refractivity contribution in [3.63, 3.8) is 0 Å². The second kappa shape index (κ2) is 7.24. The Balaban J connectivity index is 1.90. The molecular weight excluding hydrogens is 292 g/mol. The van der Waals surface area contributed by atoms with E-state index in [1.807, 2.05) is 6.92 Å². The molecule has 0 saturated heterocycles. The summed E-state index contributed by atoms with van der Waals surface area (Å²) >= 11 is 2.95. The van der Waals surface area contributed by atoms with Crippen LogP contribution in [0.5, 0.6) is 0 Å². The predicted molar refractivity (Wildman–Crippen MR) is 80.9 cm³/mol.